The number of aryl methyl sites for hydroxylation is 3. The molecule has 0 saturated carbocycles. The third-order valence-corrected chi connectivity index (χ3v) is 3.36. The number of halogens is 3. The van der Waals surface area contributed by atoms with E-state index in [-0.39, 0.29) is 11.8 Å². The van der Waals surface area contributed by atoms with Crippen molar-refractivity contribution >= 4 is 0 Å². The van der Waals surface area contributed by atoms with Crippen molar-refractivity contribution in [3.63, 3.8) is 0 Å². The summed E-state index contributed by atoms with van der Waals surface area (Å²) < 4.78 is 46.1. The lowest BCUT2D eigenvalue weighted by Crippen LogP contribution is -2.08. The quantitative estimate of drug-likeness (QED) is 0.717. The molecule has 0 amide bonds. The van der Waals surface area contributed by atoms with Crippen LogP contribution in [0.2, 0.25) is 0 Å². The topological polar surface area (TPSA) is 83.5 Å². The first-order valence-electron chi connectivity index (χ1n) is 7.14. The van der Waals surface area contributed by atoms with Crippen molar-refractivity contribution in [2.75, 3.05) is 7.11 Å². The first-order valence-corrected chi connectivity index (χ1v) is 7.14. The van der Waals surface area contributed by atoms with Crippen LogP contribution in [-0.4, -0.2) is 41.6 Å². The number of nitrogens with zero attached hydrogens (tertiary/aromatic N) is 7. The number of rotatable bonds is 3. The van der Waals surface area contributed by atoms with Crippen LogP contribution in [0.15, 0.2) is 12.3 Å². The van der Waals surface area contributed by atoms with E-state index in [0.29, 0.717) is 22.8 Å². The van der Waals surface area contributed by atoms with Crippen LogP contribution in [0.3, 0.4) is 0 Å². The van der Waals surface area contributed by atoms with Gasteiger partial charge in [0, 0.05) is 12.7 Å². The Hall–Kier alpha value is -2.98. The molecule has 0 aliphatic carbocycles. The molecule has 0 spiro atoms. The van der Waals surface area contributed by atoms with E-state index >= 15 is 0 Å². The first kappa shape index (κ1) is 16.9. The van der Waals surface area contributed by atoms with Crippen LogP contribution in [0.4, 0.5) is 13.2 Å². The van der Waals surface area contributed by atoms with E-state index < -0.39 is 12.0 Å². The van der Waals surface area contributed by atoms with Gasteiger partial charge in [0.25, 0.3) is 11.8 Å². The first-order chi connectivity index (χ1) is 11.7. The smallest absolute Gasteiger partial charge is 0.453 e. The Morgan fingerprint density at radius 1 is 1.12 bits per heavy atom. The van der Waals surface area contributed by atoms with Crippen LogP contribution in [0.25, 0.3) is 17.3 Å². The molecule has 132 valence electrons. The van der Waals surface area contributed by atoms with Crippen LogP contribution in [0, 0.1) is 13.8 Å². The highest BCUT2D eigenvalue weighted by Crippen LogP contribution is 2.31. The molecule has 8 nitrogen and oxygen atoms in total. The van der Waals surface area contributed by atoms with Gasteiger partial charge in [-0.15, -0.1) is 10.2 Å². The van der Waals surface area contributed by atoms with Crippen molar-refractivity contribution in [3.8, 4) is 23.1 Å². The molecule has 3 aromatic heterocycles. The number of hydrogen-bond donors (Lipinski definition) is 0. The number of alkyl halides is 3. The second-order valence-corrected chi connectivity index (χ2v) is 5.28. The van der Waals surface area contributed by atoms with Crippen LogP contribution >= 0.6 is 0 Å². The van der Waals surface area contributed by atoms with Gasteiger partial charge >= 0.3 is 6.18 Å². The summed E-state index contributed by atoms with van der Waals surface area (Å²) in [6.45, 7) is 3.40. The van der Waals surface area contributed by atoms with E-state index in [0.717, 1.165) is 4.68 Å². The summed E-state index contributed by atoms with van der Waals surface area (Å²) in [5.41, 5.74) is 1.23. The molecule has 0 radical (unpaired) electrons. The van der Waals surface area contributed by atoms with Gasteiger partial charge in [-0.05, 0) is 19.9 Å². The lowest BCUT2D eigenvalue weighted by molar-refractivity contribution is -0.144. The minimum Gasteiger partial charge on any atom is -0.494 e. The maximum atomic E-state index is 12.9. The highest BCUT2D eigenvalue weighted by molar-refractivity contribution is 5.65. The molecule has 0 saturated heterocycles. The fourth-order valence-corrected chi connectivity index (χ4v) is 2.29. The SMILES string of the molecule is COc1cnc(C)cc1-c1nc(C)nn1-c1nc(C(F)(F)F)nn1C. The zero-order valence-corrected chi connectivity index (χ0v) is 13.8. The molecular formula is C14H14F3N7O. The molecule has 0 aliphatic rings. The Bertz CT molecular complexity index is 929. The molecule has 0 bridgehead atoms. The van der Waals surface area contributed by atoms with Crippen molar-refractivity contribution in [1.29, 1.82) is 0 Å². The Balaban J connectivity index is 2.22. The van der Waals surface area contributed by atoms with Gasteiger partial charge in [-0.1, -0.05) is 0 Å². The van der Waals surface area contributed by atoms with Crippen molar-refractivity contribution in [2.24, 2.45) is 7.05 Å². The van der Waals surface area contributed by atoms with E-state index in [2.05, 4.69) is 25.1 Å². The minimum atomic E-state index is -4.66. The largest absolute Gasteiger partial charge is 0.494 e. The van der Waals surface area contributed by atoms with Crippen LogP contribution in [-0.2, 0) is 13.2 Å². The van der Waals surface area contributed by atoms with E-state index in [1.807, 2.05) is 0 Å². The zero-order valence-electron chi connectivity index (χ0n) is 13.8. The van der Waals surface area contributed by atoms with Gasteiger partial charge in [0.15, 0.2) is 5.82 Å². The predicted molar refractivity (Wildman–Crippen MR) is 80.2 cm³/mol. The highest BCUT2D eigenvalue weighted by Gasteiger charge is 2.37. The lowest BCUT2D eigenvalue weighted by atomic mass is 10.2. The predicted octanol–water partition coefficient (Wildman–Crippen LogP) is 2.10. The Kier molecular flexibility index (Phi) is 3.93. The van der Waals surface area contributed by atoms with Crippen LogP contribution < -0.4 is 4.74 Å². The minimum absolute atomic E-state index is 0.112. The number of aromatic nitrogens is 7. The molecule has 0 atom stereocenters. The summed E-state index contributed by atoms with van der Waals surface area (Å²) in [6.07, 6.45) is -3.15. The van der Waals surface area contributed by atoms with Crippen LogP contribution in [0.1, 0.15) is 17.3 Å². The number of methoxy groups -OCH3 is 1. The zero-order chi connectivity index (χ0) is 18.4. The van der Waals surface area contributed by atoms with Gasteiger partial charge in [-0.3, -0.25) is 4.98 Å². The molecule has 25 heavy (non-hydrogen) atoms. The summed E-state index contributed by atoms with van der Waals surface area (Å²) in [5, 5.41) is 7.57. The van der Waals surface area contributed by atoms with Crippen molar-refractivity contribution in [3.05, 3.63) is 29.6 Å². The molecule has 0 aliphatic heterocycles. The number of hydrogen-bond acceptors (Lipinski definition) is 6. The molecule has 0 unspecified atom stereocenters. The van der Waals surface area contributed by atoms with Gasteiger partial charge in [-0.2, -0.15) is 22.8 Å². The fraction of sp³-hybridized carbons (Fsp3) is 0.357. The summed E-state index contributed by atoms with van der Waals surface area (Å²) in [6, 6.07) is 1.71. The van der Waals surface area contributed by atoms with Gasteiger partial charge in [0.05, 0.1) is 18.9 Å². The van der Waals surface area contributed by atoms with Gasteiger partial charge < -0.3 is 4.74 Å². The lowest BCUT2D eigenvalue weighted by Gasteiger charge is -2.09. The van der Waals surface area contributed by atoms with Gasteiger partial charge in [0.1, 0.15) is 11.6 Å². The van der Waals surface area contributed by atoms with E-state index in [4.69, 9.17) is 4.74 Å². The molecule has 0 aromatic carbocycles. The van der Waals surface area contributed by atoms with Crippen molar-refractivity contribution < 1.29 is 17.9 Å². The monoisotopic (exact) mass is 353 g/mol. The van der Waals surface area contributed by atoms with E-state index in [9.17, 15) is 13.2 Å². The molecule has 0 fully saturated rings. The summed E-state index contributed by atoms with van der Waals surface area (Å²) >= 11 is 0. The van der Waals surface area contributed by atoms with Gasteiger partial charge in [0.2, 0.25) is 0 Å². The molecule has 11 heteroatoms. The Morgan fingerprint density at radius 2 is 1.84 bits per heavy atom. The number of pyridine rings is 1. The van der Waals surface area contributed by atoms with Crippen molar-refractivity contribution in [2.45, 2.75) is 20.0 Å². The van der Waals surface area contributed by atoms with Gasteiger partial charge in [-0.25, -0.2) is 9.67 Å². The Labute approximate surface area is 140 Å². The highest BCUT2D eigenvalue weighted by atomic mass is 19.4. The molecule has 0 N–H and O–H groups in total. The maximum Gasteiger partial charge on any atom is 0.453 e. The Morgan fingerprint density at radius 3 is 2.44 bits per heavy atom. The molecule has 3 rings (SSSR count). The third-order valence-electron chi connectivity index (χ3n) is 3.36. The van der Waals surface area contributed by atoms with E-state index in [1.54, 1.807) is 19.9 Å². The normalized spacial score (nSPS) is 11.8. The summed E-state index contributed by atoms with van der Waals surface area (Å²) in [5.74, 6) is -0.300. The molecule has 3 aromatic rings. The molecular weight excluding hydrogens is 339 g/mol. The summed E-state index contributed by atoms with van der Waals surface area (Å²) in [4.78, 5) is 12.0. The average Bonchev–Trinajstić information content (AvgIpc) is 3.09. The maximum absolute atomic E-state index is 12.9. The van der Waals surface area contributed by atoms with Crippen molar-refractivity contribution in [1.82, 2.24) is 34.5 Å². The fourth-order valence-electron chi connectivity index (χ4n) is 2.29. The molecule has 3 heterocycles. The number of ether oxygens (including phenoxy) is 1. The van der Waals surface area contributed by atoms with E-state index in [1.165, 1.54) is 25.0 Å². The summed E-state index contributed by atoms with van der Waals surface area (Å²) in [7, 11) is 2.82. The third kappa shape index (κ3) is 3.04. The average molecular weight is 353 g/mol. The second-order valence-electron chi connectivity index (χ2n) is 5.28. The van der Waals surface area contributed by atoms with Crippen LogP contribution in [0.5, 0.6) is 5.75 Å². The second kappa shape index (κ2) is 5.83. The standard InChI is InChI=1S/C14H14F3N7O/c1-7-5-9(10(25-4)6-18-7)11-19-8(2)21-24(11)13-20-12(14(15,16)17)22-23(13)3/h5-6H,1-4H3.